The third kappa shape index (κ3) is 3.54. The van der Waals surface area contributed by atoms with E-state index in [0.29, 0.717) is 17.9 Å². The van der Waals surface area contributed by atoms with E-state index in [1.807, 2.05) is 18.3 Å². The minimum atomic E-state index is 0.384. The molecule has 1 fully saturated rings. The molecule has 2 N–H and O–H groups in total. The molecule has 2 aliphatic heterocycles. The van der Waals surface area contributed by atoms with Crippen LogP contribution in [0.1, 0.15) is 29.4 Å². The van der Waals surface area contributed by atoms with Gasteiger partial charge in [-0.25, -0.2) is 0 Å². The van der Waals surface area contributed by atoms with Gasteiger partial charge in [-0.05, 0) is 79.1 Å². The van der Waals surface area contributed by atoms with Gasteiger partial charge in [0.1, 0.15) is 11.5 Å². The van der Waals surface area contributed by atoms with Crippen LogP contribution in [0.4, 0.5) is 0 Å². The van der Waals surface area contributed by atoms with Crippen LogP contribution in [0.2, 0.25) is 0 Å². The number of ether oxygens (including phenoxy) is 2. The summed E-state index contributed by atoms with van der Waals surface area (Å²) in [5.74, 6) is 2.68. The molecule has 5 heterocycles. The van der Waals surface area contributed by atoms with E-state index < -0.39 is 0 Å². The van der Waals surface area contributed by atoms with Gasteiger partial charge in [0.15, 0.2) is 0 Å². The van der Waals surface area contributed by atoms with E-state index in [2.05, 4.69) is 57.9 Å². The van der Waals surface area contributed by atoms with Crippen molar-refractivity contribution in [2.75, 3.05) is 27.3 Å². The molecular weight excluding hydrogens is 460 g/mol. The van der Waals surface area contributed by atoms with Crippen LogP contribution in [0.5, 0.6) is 11.5 Å². The van der Waals surface area contributed by atoms with E-state index in [0.717, 1.165) is 60.6 Å². The first-order chi connectivity index (χ1) is 18.2. The molecule has 0 amide bonds. The van der Waals surface area contributed by atoms with Gasteiger partial charge < -0.3 is 19.4 Å². The van der Waals surface area contributed by atoms with Crippen molar-refractivity contribution < 1.29 is 9.47 Å². The number of piperidine rings is 1. The molecule has 188 valence electrons. The number of aromatic nitrogens is 3. The number of pyridine rings is 1. The maximum absolute atomic E-state index is 5.52. The average Bonchev–Trinajstić information content (AvgIpc) is 3.51. The summed E-state index contributed by atoms with van der Waals surface area (Å²) in [5.41, 5.74) is 7.43. The Kier molecular flexibility index (Phi) is 5.25. The molecule has 6 nitrogen and oxygen atoms in total. The van der Waals surface area contributed by atoms with Crippen LogP contribution in [0.25, 0.3) is 32.7 Å². The fraction of sp³-hybridized carbons (Fsp3) is 0.323. The molecule has 0 spiro atoms. The number of benzene rings is 2. The monoisotopic (exact) mass is 492 g/mol. The van der Waals surface area contributed by atoms with E-state index in [-0.39, 0.29) is 0 Å². The highest BCUT2D eigenvalue weighted by molar-refractivity contribution is 6.08. The summed E-state index contributed by atoms with van der Waals surface area (Å²) in [6.45, 7) is 6.36. The van der Waals surface area contributed by atoms with Gasteiger partial charge in [0.05, 0.1) is 31.5 Å². The van der Waals surface area contributed by atoms with Gasteiger partial charge in [-0.1, -0.05) is 6.08 Å². The molecule has 2 aliphatic rings. The molecule has 6 heteroatoms. The zero-order chi connectivity index (χ0) is 25.1. The summed E-state index contributed by atoms with van der Waals surface area (Å²) >= 11 is 0. The summed E-state index contributed by atoms with van der Waals surface area (Å²) < 4.78 is 11.0. The van der Waals surface area contributed by atoms with Gasteiger partial charge >= 0.3 is 0 Å². The van der Waals surface area contributed by atoms with Crippen molar-refractivity contribution in [1.82, 2.24) is 19.9 Å². The van der Waals surface area contributed by atoms with Gasteiger partial charge in [0, 0.05) is 52.2 Å². The number of nitrogens with zero attached hydrogens (tertiary/aromatic N) is 2. The molecule has 2 aromatic carbocycles. The molecule has 0 radical (unpaired) electrons. The number of methoxy groups -OCH3 is 2. The van der Waals surface area contributed by atoms with Gasteiger partial charge in [-0.15, -0.1) is 6.58 Å². The second-order valence-electron chi connectivity index (χ2n) is 10.5. The second-order valence-corrected chi connectivity index (χ2v) is 10.5. The first kappa shape index (κ1) is 22.4. The van der Waals surface area contributed by atoms with E-state index in [1.54, 1.807) is 14.2 Å². The molecule has 0 saturated carbocycles. The summed E-state index contributed by atoms with van der Waals surface area (Å²) in [6, 6.07) is 15.1. The van der Waals surface area contributed by atoms with Gasteiger partial charge in [0.25, 0.3) is 0 Å². The van der Waals surface area contributed by atoms with E-state index in [1.165, 1.54) is 32.9 Å². The fourth-order valence-electron chi connectivity index (χ4n) is 6.78. The van der Waals surface area contributed by atoms with Crippen molar-refractivity contribution in [1.29, 1.82) is 0 Å². The Labute approximate surface area is 216 Å². The van der Waals surface area contributed by atoms with E-state index in [9.17, 15) is 0 Å². The largest absolute Gasteiger partial charge is 0.497 e. The lowest BCUT2D eigenvalue weighted by atomic mass is 9.76. The number of hydrogen-bond donors (Lipinski definition) is 2. The topological polar surface area (TPSA) is 66.2 Å². The van der Waals surface area contributed by atoms with Crippen molar-refractivity contribution in [3.8, 4) is 11.5 Å². The fourth-order valence-corrected chi connectivity index (χ4v) is 6.78. The molecule has 3 atom stereocenters. The van der Waals surface area contributed by atoms with E-state index in [4.69, 9.17) is 14.5 Å². The molecular formula is C31H32N4O2. The van der Waals surface area contributed by atoms with Crippen molar-refractivity contribution >= 4 is 32.7 Å². The van der Waals surface area contributed by atoms with Crippen LogP contribution in [-0.2, 0) is 12.8 Å². The Morgan fingerprint density at radius 1 is 1.00 bits per heavy atom. The summed E-state index contributed by atoms with van der Waals surface area (Å²) in [7, 11) is 3.45. The Bertz CT molecular complexity index is 1650. The lowest BCUT2D eigenvalue weighted by Crippen LogP contribution is -2.46. The van der Waals surface area contributed by atoms with Crippen molar-refractivity contribution in [3.63, 3.8) is 0 Å². The minimum Gasteiger partial charge on any atom is -0.497 e. The van der Waals surface area contributed by atoms with Crippen LogP contribution in [0.15, 0.2) is 61.3 Å². The Morgan fingerprint density at radius 2 is 1.76 bits per heavy atom. The standard InChI is InChI=1S/C31H32N4O2/c1-4-18-17-35-12-10-23-25-16-21(37-3)6-8-27(25)34-31(23)29(35)14-19(18)13-28-30-22(9-11-32-28)24-15-20(36-2)5-7-26(24)33-30/h4-9,11,15-16,18-19,29,33-34H,1,10,12-14,17H2,2-3H3. The predicted molar refractivity (Wildman–Crippen MR) is 149 cm³/mol. The average molecular weight is 493 g/mol. The molecule has 3 unspecified atom stereocenters. The normalized spacial score (nSPS) is 21.7. The van der Waals surface area contributed by atoms with Crippen LogP contribution in [0.3, 0.4) is 0 Å². The number of H-pyrrole nitrogens is 2. The zero-order valence-electron chi connectivity index (χ0n) is 21.4. The summed E-state index contributed by atoms with van der Waals surface area (Å²) in [4.78, 5) is 15.0. The Balaban J connectivity index is 1.25. The molecule has 3 aromatic heterocycles. The van der Waals surface area contributed by atoms with Gasteiger partial charge in [-0.3, -0.25) is 9.88 Å². The third-order valence-electron chi connectivity index (χ3n) is 8.71. The molecule has 0 aliphatic carbocycles. The van der Waals surface area contributed by atoms with Crippen molar-refractivity contribution in [3.05, 3.63) is 78.3 Å². The van der Waals surface area contributed by atoms with Crippen molar-refractivity contribution in [2.45, 2.75) is 25.3 Å². The van der Waals surface area contributed by atoms with Crippen LogP contribution in [-0.4, -0.2) is 47.2 Å². The predicted octanol–water partition coefficient (Wildman–Crippen LogP) is 6.18. The van der Waals surface area contributed by atoms with Gasteiger partial charge in [-0.2, -0.15) is 0 Å². The quantitative estimate of drug-likeness (QED) is 0.288. The highest BCUT2D eigenvalue weighted by Crippen LogP contribution is 2.45. The third-order valence-corrected chi connectivity index (χ3v) is 8.71. The first-order valence-electron chi connectivity index (χ1n) is 13.1. The molecule has 7 rings (SSSR count). The molecule has 37 heavy (non-hydrogen) atoms. The second kappa shape index (κ2) is 8.67. The number of hydrogen-bond acceptors (Lipinski definition) is 4. The number of aromatic amines is 2. The maximum Gasteiger partial charge on any atom is 0.119 e. The first-order valence-corrected chi connectivity index (χ1v) is 13.1. The molecule has 1 saturated heterocycles. The lowest BCUT2D eigenvalue weighted by Gasteiger charge is -2.45. The Morgan fingerprint density at radius 3 is 2.51 bits per heavy atom. The summed E-state index contributed by atoms with van der Waals surface area (Å²) in [5, 5.41) is 3.69. The number of rotatable bonds is 5. The minimum absolute atomic E-state index is 0.384. The lowest BCUT2D eigenvalue weighted by molar-refractivity contribution is 0.0707. The van der Waals surface area contributed by atoms with Crippen LogP contribution in [0, 0.1) is 11.8 Å². The Hall–Kier alpha value is -3.77. The molecule has 5 aromatic rings. The number of fused-ring (bicyclic) bond motifs is 8. The smallest absolute Gasteiger partial charge is 0.119 e. The zero-order valence-corrected chi connectivity index (χ0v) is 21.4. The number of nitrogens with one attached hydrogen (secondary N) is 2. The van der Waals surface area contributed by atoms with Crippen LogP contribution >= 0.6 is 0 Å². The van der Waals surface area contributed by atoms with Crippen molar-refractivity contribution in [2.24, 2.45) is 11.8 Å². The highest BCUT2D eigenvalue weighted by atomic mass is 16.5. The highest BCUT2D eigenvalue weighted by Gasteiger charge is 2.39. The summed E-state index contributed by atoms with van der Waals surface area (Å²) in [6.07, 6.45) is 7.19. The SMILES string of the molecule is C=CC1CN2CCc3c([nH]c4ccc(OC)cc34)C2CC1Cc1nccc2c1[nH]c1ccc(OC)cc12. The van der Waals surface area contributed by atoms with Crippen LogP contribution < -0.4 is 9.47 Å². The molecule has 0 bridgehead atoms. The van der Waals surface area contributed by atoms with Gasteiger partial charge in [0.2, 0.25) is 0 Å². The maximum atomic E-state index is 5.52. The van der Waals surface area contributed by atoms with E-state index >= 15 is 0 Å².